The third kappa shape index (κ3) is 4.53. The second-order valence-electron chi connectivity index (χ2n) is 8.48. The first-order chi connectivity index (χ1) is 16.9. The average molecular weight is 475 g/mol. The van der Waals surface area contributed by atoms with Crippen LogP contribution in [0.1, 0.15) is 44.9 Å². The minimum Gasteiger partial charge on any atom is -0.372 e. The van der Waals surface area contributed by atoms with E-state index in [4.69, 9.17) is 4.74 Å². The lowest BCUT2D eigenvalue weighted by Gasteiger charge is -2.17. The fourth-order valence-electron chi connectivity index (χ4n) is 4.39. The van der Waals surface area contributed by atoms with E-state index < -0.39 is 18.1 Å². The molecule has 2 atom stereocenters. The molecule has 7 nitrogen and oxygen atoms in total. The number of imidazole rings is 1. The number of nitrogens with one attached hydrogen (secondary N) is 2. The first-order valence-electron chi connectivity index (χ1n) is 11.2. The molecule has 1 aromatic carbocycles. The fraction of sp³-hybridized carbons (Fsp3) is 0.269. The zero-order valence-corrected chi connectivity index (χ0v) is 19.2. The van der Waals surface area contributed by atoms with Gasteiger partial charge >= 0.3 is 0 Å². The molecule has 0 fully saturated rings. The molecule has 4 aromatic rings. The summed E-state index contributed by atoms with van der Waals surface area (Å²) in [5.74, 6) is 4.99. The Hall–Kier alpha value is -4.03. The Morgan fingerprint density at radius 2 is 2.23 bits per heavy atom. The number of benzene rings is 1. The maximum atomic E-state index is 14.4. The number of methoxy groups -OCH3 is 1. The van der Waals surface area contributed by atoms with Crippen LogP contribution in [0.15, 0.2) is 42.7 Å². The van der Waals surface area contributed by atoms with Gasteiger partial charge in [0.05, 0.1) is 18.6 Å². The highest BCUT2D eigenvalue weighted by Crippen LogP contribution is 2.31. The number of aryl methyl sites for hydroxylation is 1. The van der Waals surface area contributed by atoms with Crippen LogP contribution in [-0.4, -0.2) is 45.3 Å². The number of amides is 1. The summed E-state index contributed by atoms with van der Waals surface area (Å²) in [6, 6.07) is 9.00. The van der Waals surface area contributed by atoms with Crippen LogP contribution in [0.5, 0.6) is 0 Å². The number of halogens is 2. The van der Waals surface area contributed by atoms with Crippen molar-refractivity contribution in [3.05, 3.63) is 82.6 Å². The molecule has 35 heavy (non-hydrogen) atoms. The van der Waals surface area contributed by atoms with Crippen molar-refractivity contribution in [1.82, 2.24) is 24.8 Å². The van der Waals surface area contributed by atoms with Crippen LogP contribution >= 0.6 is 0 Å². The molecule has 0 saturated carbocycles. The standard InChI is InChI=1S/C26H23F2N5O2/c1-15-9-16(5-4-8-35-2)10-22(30-15)26(34)32-24(25-23-11-17(27)13-33(23)14-29-25)21-12-18-19(28)6-3-7-20(18)31-21/h3,6-7,9-10,12,14,17,24,31H,8,11,13H2,1-2H3,(H,32,34)/t17-,24?/m1/s1. The van der Waals surface area contributed by atoms with Gasteiger partial charge in [-0.15, -0.1) is 0 Å². The normalized spacial score (nSPS) is 15.5. The van der Waals surface area contributed by atoms with Crippen LogP contribution in [0.3, 0.4) is 0 Å². The molecule has 3 aromatic heterocycles. The second-order valence-corrected chi connectivity index (χ2v) is 8.48. The molecule has 4 heterocycles. The molecule has 0 spiro atoms. The van der Waals surface area contributed by atoms with Gasteiger partial charge in [-0.25, -0.2) is 18.7 Å². The Labute approximate surface area is 200 Å². The maximum Gasteiger partial charge on any atom is 0.270 e. The van der Waals surface area contributed by atoms with Crippen LogP contribution in [0.2, 0.25) is 0 Å². The predicted octanol–water partition coefficient (Wildman–Crippen LogP) is 3.62. The van der Waals surface area contributed by atoms with E-state index in [-0.39, 0.29) is 31.1 Å². The largest absolute Gasteiger partial charge is 0.372 e. The summed E-state index contributed by atoms with van der Waals surface area (Å²) in [6.07, 6.45) is 0.745. The number of hydrogen-bond acceptors (Lipinski definition) is 4. The molecule has 0 bridgehead atoms. The number of rotatable bonds is 5. The van der Waals surface area contributed by atoms with Crippen molar-refractivity contribution in [2.75, 3.05) is 13.7 Å². The number of aromatic amines is 1. The van der Waals surface area contributed by atoms with E-state index in [9.17, 15) is 13.6 Å². The van der Waals surface area contributed by atoms with Gasteiger partial charge < -0.3 is 19.6 Å². The molecule has 2 N–H and O–H groups in total. The lowest BCUT2D eigenvalue weighted by molar-refractivity contribution is 0.0936. The molecule has 0 radical (unpaired) electrons. The van der Waals surface area contributed by atoms with Gasteiger partial charge in [0.2, 0.25) is 0 Å². The average Bonchev–Trinajstić information content (AvgIpc) is 3.52. The summed E-state index contributed by atoms with van der Waals surface area (Å²) in [6.45, 7) is 2.26. The van der Waals surface area contributed by atoms with Gasteiger partial charge in [-0.05, 0) is 37.3 Å². The van der Waals surface area contributed by atoms with Crippen molar-refractivity contribution in [2.45, 2.75) is 32.1 Å². The smallest absolute Gasteiger partial charge is 0.270 e. The highest BCUT2D eigenvalue weighted by atomic mass is 19.1. The SMILES string of the molecule is COCC#Cc1cc(C)nc(C(=O)NC(c2cc3c(F)cccc3[nH]2)c2ncn3c2C[C@@H](F)C3)c1. The zero-order chi connectivity index (χ0) is 24.5. The summed E-state index contributed by atoms with van der Waals surface area (Å²) >= 11 is 0. The first-order valence-corrected chi connectivity index (χ1v) is 11.2. The van der Waals surface area contributed by atoms with E-state index in [1.165, 1.54) is 6.07 Å². The third-order valence-corrected chi connectivity index (χ3v) is 5.92. The van der Waals surface area contributed by atoms with Gasteiger partial charge in [0.25, 0.3) is 5.91 Å². The monoisotopic (exact) mass is 475 g/mol. The molecule has 0 saturated heterocycles. The Balaban J connectivity index is 1.54. The van der Waals surface area contributed by atoms with Crippen molar-refractivity contribution in [2.24, 2.45) is 0 Å². The van der Waals surface area contributed by atoms with E-state index in [0.29, 0.717) is 39.2 Å². The summed E-state index contributed by atoms with van der Waals surface area (Å²) in [5, 5.41) is 3.37. The van der Waals surface area contributed by atoms with Crippen molar-refractivity contribution < 1.29 is 18.3 Å². The quantitative estimate of drug-likeness (QED) is 0.432. The Morgan fingerprint density at radius 1 is 1.37 bits per heavy atom. The number of H-pyrrole nitrogens is 1. The summed E-state index contributed by atoms with van der Waals surface area (Å²) in [7, 11) is 1.55. The first kappa shape index (κ1) is 22.7. The number of ether oxygens (including phenoxy) is 1. The number of alkyl halides is 1. The number of pyridine rings is 1. The Bertz CT molecular complexity index is 1480. The van der Waals surface area contributed by atoms with Crippen molar-refractivity contribution >= 4 is 16.8 Å². The molecule has 5 rings (SSSR count). The molecule has 1 aliphatic heterocycles. The van der Waals surface area contributed by atoms with Gasteiger partial charge in [-0.1, -0.05) is 17.9 Å². The number of carbonyl (C=O) groups is 1. The van der Waals surface area contributed by atoms with Gasteiger partial charge in [0.15, 0.2) is 0 Å². The van der Waals surface area contributed by atoms with E-state index in [2.05, 4.69) is 32.1 Å². The van der Waals surface area contributed by atoms with E-state index in [1.807, 2.05) is 0 Å². The van der Waals surface area contributed by atoms with E-state index in [0.717, 1.165) is 0 Å². The molecule has 0 aliphatic carbocycles. The summed E-state index contributed by atoms with van der Waals surface area (Å²) in [4.78, 5) is 25.4. The minimum absolute atomic E-state index is 0.179. The van der Waals surface area contributed by atoms with Gasteiger partial charge in [-0.2, -0.15) is 0 Å². The second kappa shape index (κ2) is 9.31. The highest BCUT2D eigenvalue weighted by molar-refractivity contribution is 5.93. The molecular weight excluding hydrogens is 452 g/mol. The Morgan fingerprint density at radius 3 is 3.03 bits per heavy atom. The topological polar surface area (TPSA) is 84.8 Å². The number of hydrogen-bond donors (Lipinski definition) is 2. The third-order valence-electron chi connectivity index (χ3n) is 5.92. The van der Waals surface area contributed by atoms with Crippen molar-refractivity contribution in [3.8, 4) is 11.8 Å². The highest BCUT2D eigenvalue weighted by Gasteiger charge is 2.31. The number of fused-ring (bicyclic) bond motifs is 2. The summed E-state index contributed by atoms with van der Waals surface area (Å²) in [5.41, 5.74) is 3.78. The molecular formula is C26H23F2N5O2. The van der Waals surface area contributed by atoms with Crippen LogP contribution in [0, 0.1) is 24.6 Å². The van der Waals surface area contributed by atoms with Crippen molar-refractivity contribution in [3.63, 3.8) is 0 Å². The lowest BCUT2D eigenvalue weighted by atomic mass is 10.1. The van der Waals surface area contributed by atoms with Gasteiger partial charge in [-0.3, -0.25) is 4.79 Å². The summed E-state index contributed by atoms with van der Waals surface area (Å²) < 4.78 is 35.3. The fourth-order valence-corrected chi connectivity index (χ4v) is 4.39. The Kier molecular flexibility index (Phi) is 6.05. The van der Waals surface area contributed by atoms with Crippen molar-refractivity contribution in [1.29, 1.82) is 0 Å². The molecule has 1 aliphatic rings. The molecule has 9 heteroatoms. The van der Waals surface area contributed by atoms with Crippen LogP contribution in [0.4, 0.5) is 8.78 Å². The van der Waals surface area contributed by atoms with Crippen LogP contribution in [-0.2, 0) is 17.7 Å². The zero-order valence-electron chi connectivity index (χ0n) is 19.2. The predicted molar refractivity (Wildman–Crippen MR) is 126 cm³/mol. The molecule has 1 amide bonds. The lowest BCUT2D eigenvalue weighted by Crippen LogP contribution is -2.31. The van der Waals surface area contributed by atoms with E-state index in [1.54, 1.807) is 55.3 Å². The van der Waals surface area contributed by atoms with Crippen LogP contribution < -0.4 is 5.32 Å². The van der Waals surface area contributed by atoms with Gasteiger partial charge in [0, 0.05) is 47.1 Å². The molecule has 178 valence electrons. The number of nitrogens with zero attached hydrogens (tertiary/aromatic N) is 3. The molecule has 1 unspecified atom stereocenters. The maximum absolute atomic E-state index is 14.4. The van der Waals surface area contributed by atoms with E-state index >= 15 is 0 Å². The van der Waals surface area contributed by atoms with Gasteiger partial charge in [0.1, 0.15) is 30.3 Å². The minimum atomic E-state index is -1.02. The van der Waals surface area contributed by atoms with Crippen LogP contribution in [0.25, 0.3) is 10.9 Å². The number of aromatic nitrogens is 4. The number of carbonyl (C=O) groups excluding carboxylic acids is 1.